The van der Waals surface area contributed by atoms with Gasteiger partial charge in [0.1, 0.15) is 6.23 Å². The van der Waals surface area contributed by atoms with Gasteiger partial charge in [0.2, 0.25) is 10.0 Å². The van der Waals surface area contributed by atoms with E-state index in [0.717, 1.165) is 17.5 Å². The molecule has 0 amide bonds. The minimum Gasteiger partial charge on any atom is -0.362 e. The second-order valence-corrected chi connectivity index (χ2v) is 9.09. The Morgan fingerprint density at radius 2 is 1.76 bits per heavy atom. The van der Waals surface area contributed by atoms with Crippen LogP contribution in [-0.2, 0) is 14.8 Å². The maximum Gasteiger partial charge on any atom is 0.245 e. The number of fused-ring (bicyclic) bond motifs is 1. The van der Waals surface area contributed by atoms with Crippen LogP contribution in [0, 0.1) is 12.8 Å². The molecule has 6 heteroatoms. The van der Waals surface area contributed by atoms with Crippen LogP contribution >= 0.6 is 11.6 Å². The van der Waals surface area contributed by atoms with Crippen molar-refractivity contribution in [3.05, 3.63) is 64.7 Å². The SMILES string of the molecule is Cc1ccc(S(=O)(=O)N2C[C@@H](c3ccc(Cl)cc3)[C@H]3CCO[C@H]32)cc1. The molecule has 0 spiro atoms. The average Bonchev–Trinajstić information content (AvgIpc) is 3.18. The van der Waals surface area contributed by atoms with Crippen LogP contribution in [0.1, 0.15) is 23.5 Å². The van der Waals surface area contributed by atoms with E-state index in [1.165, 1.54) is 4.31 Å². The molecule has 0 radical (unpaired) electrons. The number of halogens is 1. The smallest absolute Gasteiger partial charge is 0.245 e. The van der Waals surface area contributed by atoms with E-state index < -0.39 is 10.0 Å². The number of benzene rings is 2. The molecule has 4 nitrogen and oxygen atoms in total. The molecule has 0 saturated carbocycles. The first kappa shape index (κ1) is 17.0. The third kappa shape index (κ3) is 2.99. The molecule has 0 aliphatic carbocycles. The minimum absolute atomic E-state index is 0.130. The standard InChI is InChI=1S/C19H20ClNO3S/c1-13-2-8-16(9-3-13)25(22,23)21-12-18(17-10-11-24-19(17)21)14-4-6-15(20)7-5-14/h2-9,17-19H,10-12H2,1H3/t17-,18+,19-/m1/s1. The summed E-state index contributed by atoms with van der Waals surface area (Å²) in [5.41, 5.74) is 2.15. The lowest BCUT2D eigenvalue weighted by atomic mass is 9.87. The highest BCUT2D eigenvalue weighted by atomic mass is 35.5. The Kier molecular flexibility index (Phi) is 4.36. The molecule has 4 rings (SSSR count). The molecule has 132 valence electrons. The summed E-state index contributed by atoms with van der Waals surface area (Å²) in [4.78, 5) is 0.323. The predicted molar refractivity (Wildman–Crippen MR) is 97.1 cm³/mol. The first-order valence-electron chi connectivity index (χ1n) is 8.42. The summed E-state index contributed by atoms with van der Waals surface area (Å²) < 4.78 is 33.6. The Bertz CT molecular complexity index is 865. The summed E-state index contributed by atoms with van der Waals surface area (Å²) in [6, 6.07) is 14.7. The Morgan fingerprint density at radius 1 is 1.08 bits per heavy atom. The largest absolute Gasteiger partial charge is 0.362 e. The Hall–Kier alpha value is -1.40. The lowest BCUT2D eigenvalue weighted by molar-refractivity contribution is 0.0359. The van der Waals surface area contributed by atoms with Crippen molar-refractivity contribution < 1.29 is 13.2 Å². The van der Waals surface area contributed by atoms with Gasteiger partial charge in [0.05, 0.1) is 4.90 Å². The van der Waals surface area contributed by atoms with Gasteiger partial charge in [0.15, 0.2) is 0 Å². The van der Waals surface area contributed by atoms with Gasteiger partial charge in [0.25, 0.3) is 0 Å². The number of ether oxygens (including phenoxy) is 1. The van der Waals surface area contributed by atoms with E-state index in [-0.39, 0.29) is 18.1 Å². The maximum absolute atomic E-state index is 13.1. The molecule has 2 saturated heterocycles. The van der Waals surface area contributed by atoms with Gasteiger partial charge in [0, 0.05) is 30.0 Å². The number of aryl methyl sites for hydroxylation is 1. The second kappa shape index (κ2) is 6.40. The highest BCUT2D eigenvalue weighted by Crippen LogP contribution is 2.45. The normalized spacial score (nSPS) is 26.7. The molecule has 0 aromatic heterocycles. The zero-order valence-corrected chi connectivity index (χ0v) is 15.5. The minimum atomic E-state index is -3.58. The van der Waals surface area contributed by atoms with E-state index in [2.05, 4.69) is 0 Å². The zero-order valence-electron chi connectivity index (χ0n) is 13.9. The Balaban J connectivity index is 1.68. The van der Waals surface area contributed by atoms with Gasteiger partial charge >= 0.3 is 0 Å². The van der Waals surface area contributed by atoms with Crippen LogP contribution in [0.4, 0.5) is 0 Å². The van der Waals surface area contributed by atoms with Gasteiger partial charge in [-0.25, -0.2) is 8.42 Å². The van der Waals surface area contributed by atoms with Crippen LogP contribution in [0.3, 0.4) is 0 Å². The third-order valence-corrected chi connectivity index (χ3v) is 7.30. The average molecular weight is 378 g/mol. The third-order valence-electron chi connectivity index (χ3n) is 5.21. The fourth-order valence-electron chi connectivity index (χ4n) is 3.86. The molecular formula is C19H20ClNO3S. The molecule has 0 bridgehead atoms. The van der Waals surface area contributed by atoms with Crippen LogP contribution < -0.4 is 0 Å². The van der Waals surface area contributed by atoms with Crippen molar-refractivity contribution >= 4 is 21.6 Å². The first-order valence-corrected chi connectivity index (χ1v) is 10.2. The lowest BCUT2D eigenvalue weighted by Crippen LogP contribution is -2.37. The van der Waals surface area contributed by atoms with Crippen LogP contribution in [0.2, 0.25) is 5.02 Å². The van der Waals surface area contributed by atoms with Gasteiger partial charge in [-0.15, -0.1) is 0 Å². The molecule has 2 aliphatic rings. The quantitative estimate of drug-likeness (QED) is 0.817. The Morgan fingerprint density at radius 3 is 2.44 bits per heavy atom. The Labute approximate surface area is 153 Å². The zero-order chi connectivity index (χ0) is 17.6. The van der Waals surface area contributed by atoms with Crippen molar-refractivity contribution in [2.45, 2.75) is 30.4 Å². The second-order valence-electron chi connectivity index (χ2n) is 6.76. The maximum atomic E-state index is 13.1. The van der Waals surface area contributed by atoms with Crippen molar-refractivity contribution in [2.24, 2.45) is 5.92 Å². The van der Waals surface area contributed by atoms with Crippen molar-refractivity contribution in [3.63, 3.8) is 0 Å². The summed E-state index contributed by atoms with van der Waals surface area (Å²) in [7, 11) is -3.58. The number of hydrogen-bond donors (Lipinski definition) is 0. The molecule has 2 aromatic rings. The van der Waals surface area contributed by atoms with Crippen molar-refractivity contribution in [3.8, 4) is 0 Å². The molecule has 2 aromatic carbocycles. The van der Waals surface area contributed by atoms with Crippen molar-refractivity contribution in [1.82, 2.24) is 4.31 Å². The first-order chi connectivity index (χ1) is 12.0. The summed E-state index contributed by atoms with van der Waals surface area (Å²) in [6.45, 7) is 2.98. The lowest BCUT2D eigenvalue weighted by Gasteiger charge is -2.22. The summed E-state index contributed by atoms with van der Waals surface area (Å²) in [5, 5.41) is 0.685. The van der Waals surface area contributed by atoms with Gasteiger partial charge in [-0.3, -0.25) is 0 Å². The fraction of sp³-hybridized carbons (Fsp3) is 0.368. The van der Waals surface area contributed by atoms with Crippen molar-refractivity contribution in [1.29, 1.82) is 0 Å². The number of nitrogens with zero attached hydrogens (tertiary/aromatic N) is 1. The van der Waals surface area contributed by atoms with Gasteiger partial charge in [-0.05, 0) is 43.2 Å². The monoisotopic (exact) mass is 377 g/mol. The molecule has 2 aliphatic heterocycles. The van der Waals surface area contributed by atoms with Crippen LogP contribution in [0.15, 0.2) is 53.4 Å². The van der Waals surface area contributed by atoms with Gasteiger partial charge in [-0.2, -0.15) is 4.31 Å². The summed E-state index contributed by atoms with van der Waals surface area (Å²) >= 11 is 5.99. The van der Waals surface area contributed by atoms with Gasteiger partial charge < -0.3 is 4.74 Å². The van der Waals surface area contributed by atoms with Crippen molar-refractivity contribution in [2.75, 3.05) is 13.2 Å². The fourth-order valence-corrected chi connectivity index (χ4v) is 5.59. The summed E-state index contributed by atoms with van der Waals surface area (Å²) in [6.07, 6.45) is 0.490. The van der Waals surface area contributed by atoms with E-state index in [1.807, 2.05) is 43.3 Å². The molecular weight excluding hydrogens is 358 g/mol. The molecule has 2 fully saturated rings. The van der Waals surface area contributed by atoms with Crippen LogP contribution in [-0.4, -0.2) is 32.1 Å². The van der Waals surface area contributed by atoms with Crippen LogP contribution in [0.25, 0.3) is 0 Å². The molecule has 3 atom stereocenters. The molecule has 0 unspecified atom stereocenters. The van der Waals surface area contributed by atoms with E-state index in [9.17, 15) is 8.42 Å². The number of hydrogen-bond acceptors (Lipinski definition) is 3. The van der Waals surface area contributed by atoms with E-state index in [0.29, 0.717) is 23.1 Å². The number of sulfonamides is 1. The molecule has 0 N–H and O–H groups in total. The molecule has 2 heterocycles. The van der Waals surface area contributed by atoms with E-state index in [1.54, 1.807) is 12.1 Å². The highest BCUT2D eigenvalue weighted by Gasteiger charge is 2.50. The highest BCUT2D eigenvalue weighted by molar-refractivity contribution is 7.89. The predicted octanol–water partition coefficient (Wildman–Crippen LogP) is 3.80. The van der Waals surface area contributed by atoms with E-state index >= 15 is 0 Å². The van der Waals surface area contributed by atoms with E-state index in [4.69, 9.17) is 16.3 Å². The van der Waals surface area contributed by atoms with Gasteiger partial charge in [-0.1, -0.05) is 41.4 Å². The number of rotatable bonds is 3. The topological polar surface area (TPSA) is 46.6 Å². The molecule has 25 heavy (non-hydrogen) atoms. The van der Waals surface area contributed by atoms with Crippen LogP contribution in [0.5, 0.6) is 0 Å². The summed E-state index contributed by atoms with van der Waals surface area (Å²) in [5.74, 6) is 0.311.